The van der Waals surface area contributed by atoms with Gasteiger partial charge in [-0.25, -0.2) is 19.6 Å². The first-order chi connectivity index (χ1) is 31.5. The van der Waals surface area contributed by atoms with Crippen molar-refractivity contribution in [3.8, 4) is 22.4 Å². The molecule has 4 amide bonds. The highest BCUT2D eigenvalue weighted by Crippen LogP contribution is 2.53. The van der Waals surface area contributed by atoms with Crippen molar-refractivity contribution in [2.75, 3.05) is 46.8 Å². The van der Waals surface area contributed by atoms with Gasteiger partial charge in [-0.05, 0) is 96.5 Å². The first-order valence-corrected chi connectivity index (χ1v) is 26.4. The number of amides is 4. The zero-order valence-corrected chi connectivity index (χ0v) is 38.4. The Morgan fingerprint density at radius 3 is 2.05 bits per heavy atom. The van der Waals surface area contributed by atoms with E-state index in [1.165, 1.54) is 14.2 Å². The molecule has 0 unspecified atom stereocenters. The van der Waals surface area contributed by atoms with Gasteiger partial charge < -0.3 is 49.3 Å². The number of aromatic nitrogens is 4. The number of alkyl carbamates (subject to hydrolysis) is 2. The van der Waals surface area contributed by atoms with Gasteiger partial charge in [0.15, 0.2) is 0 Å². The monoisotopic (exact) mass is 902 g/mol. The zero-order chi connectivity index (χ0) is 45.0. The van der Waals surface area contributed by atoms with Crippen LogP contribution >= 0.6 is 0 Å². The minimum Gasteiger partial charge on any atom is -0.453 e. The number of fused-ring (bicyclic) bond motifs is 4. The molecule has 3 aromatic carbocycles. The minimum atomic E-state index is -1.82. The van der Waals surface area contributed by atoms with Gasteiger partial charge in [-0.1, -0.05) is 55.6 Å². The third-order valence-electron chi connectivity index (χ3n) is 14.5. The van der Waals surface area contributed by atoms with E-state index in [2.05, 4.69) is 88.3 Å². The van der Waals surface area contributed by atoms with Crippen molar-refractivity contribution in [3.05, 3.63) is 72.4 Å². The summed E-state index contributed by atoms with van der Waals surface area (Å²) >= 11 is 0. The summed E-state index contributed by atoms with van der Waals surface area (Å²) in [6.45, 7) is 6.85. The normalized spacial score (nSPS) is 24.1. The Bertz CT molecular complexity index is 2600. The van der Waals surface area contributed by atoms with E-state index < -0.39 is 32.3 Å². The van der Waals surface area contributed by atoms with Crippen molar-refractivity contribution in [1.82, 2.24) is 40.4 Å². The molecule has 5 aromatic rings. The summed E-state index contributed by atoms with van der Waals surface area (Å²) < 4.78 is 21.0. The molecule has 4 saturated heterocycles. The maximum absolute atomic E-state index is 14.4. The van der Waals surface area contributed by atoms with Crippen LogP contribution in [-0.2, 0) is 28.5 Å². The van der Waals surface area contributed by atoms with Crippen LogP contribution in [0.1, 0.15) is 62.3 Å². The standard InChI is InChI=1S/C48H58N8O8Si/c1-61-47(59)53-40(29-13-17-63-18-14-29)45(57)55-26-65(3,4)25-39(55)44-50-35-12-10-32-21-31(9-11-34(32)42(35)52-44)27-5-7-28(8-6-27)36-24-49-43(51-36)38-23-33-22-37(33)56(38)46(58)41(54-48(60)62-2)30-15-19-64-20-16-30/h5-12,21,24,29-30,33,37-41H,13-20,22-23,25-26H2,1-4H3,(H,49,51)(H,50,52)(H,53,59)(H,54,60)/t33-,37-,38+,39+,40+,41+/m1/s1. The van der Waals surface area contributed by atoms with Crippen molar-refractivity contribution in [2.45, 2.75) is 87.9 Å². The number of imidazole rings is 2. The highest BCUT2D eigenvalue weighted by Gasteiger charge is 2.57. The van der Waals surface area contributed by atoms with Crippen LogP contribution in [0.2, 0.25) is 19.1 Å². The third-order valence-corrected chi connectivity index (χ3v) is 17.2. The van der Waals surface area contributed by atoms with Crippen LogP contribution in [0, 0.1) is 17.8 Å². The van der Waals surface area contributed by atoms with Crippen LogP contribution in [0.3, 0.4) is 0 Å². The number of likely N-dealkylation sites (tertiary alicyclic amines) is 1. The number of rotatable bonds is 10. The Kier molecular flexibility index (Phi) is 11.6. The van der Waals surface area contributed by atoms with Gasteiger partial charge in [0.1, 0.15) is 23.7 Å². The fourth-order valence-corrected chi connectivity index (χ4v) is 13.9. The average Bonchev–Trinajstić information content (AvgIpc) is 3.74. The van der Waals surface area contributed by atoms with Crippen molar-refractivity contribution < 1.29 is 38.1 Å². The molecule has 0 spiro atoms. The molecule has 16 nitrogen and oxygen atoms in total. The van der Waals surface area contributed by atoms with E-state index in [0.717, 1.165) is 74.7 Å². The van der Waals surface area contributed by atoms with E-state index in [0.29, 0.717) is 64.2 Å². The van der Waals surface area contributed by atoms with Gasteiger partial charge in [0, 0.05) is 44.0 Å². The first-order valence-electron chi connectivity index (χ1n) is 23.0. The van der Waals surface area contributed by atoms with Gasteiger partial charge in [-0.15, -0.1) is 0 Å². The molecule has 1 aliphatic carbocycles. The molecular formula is C48H58N8O8Si. The molecule has 0 bridgehead atoms. The lowest BCUT2D eigenvalue weighted by atomic mass is 9.90. The lowest BCUT2D eigenvalue weighted by Gasteiger charge is -2.35. The maximum Gasteiger partial charge on any atom is 0.407 e. The highest BCUT2D eigenvalue weighted by molar-refractivity contribution is 6.78. The number of piperidine rings is 1. The largest absolute Gasteiger partial charge is 0.453 e. The second-order valence-corrected chi connectivity index (χ2v) is 24.4. The van der Waals surface area contributed by atoms with E-state index in [9.17, 15) is 19.2 Å². The molecule has 65 heavy (non-hydrogen) atoms. The molecule has 17 heteroatoms. The number of ether oxygens (including phenoxy) is 4. The van der Waals surface area contributed by atoms with Crippen molar-refractivity contribution in [2.24, 2.45) is 17.8 Å². The number of nitrogens with zero attached hydrogens (tertiary/aromatic N) is 4. The summed E-state index contributed by atoms with van der Waals surface area (Å²) in [6.07, 6.45) is 5.89. The Morgan fingerprint density at radius 1 is 0.754 bits per heavy atom. The molecule has 6 atom stereocenters. The Hall–Kier alpha value is -5.78. The van der Waals surface area contributed by atoms with Gasteiger partial charge in [0.2, 0.25) is 11.8 Å². The first kappa shape index (κ1) is 43.1. The van der Waals surface area contributed by atoms with Crippen LogP contribution in [-0.4, -0.2) is 127 Å². The summed E-state index contributed by atoms with van der Waals surface area (Å²) in [5.74, 6) is 1.72. The summed E-state index contributed by atoms with van der Waals surface area (Å²) in [5.41, 5.74) is 5.76. The van der Waals surface area contributed by atoms with Gasteiger partial charge in [-0.3, -0.25) is 9.59 Å². The number of carbonyl (C=O) groups is 4. The molecule has 10 rings (SSSR count). The summed E-state index contributed by atoms with van der Waals surface area (Å²) in [7, 11) is 0.824. The molecule has 6 heterocycles. The molecule has 2 aromatic heterocycles. The molecule has 342 valence electrons. The SMILES string of the molecule is COC(=O)N[C@H](C(=O)N1C[Si](C)(C)C[C@H]1c1nc2c(ccc3cc(-c4ccc(-c5cnc([C@@H]6C[C@H]7C[C@H]7N6C(=O)[C@@H](NC(=O)OC)C6CCOCC6)[nH]5)cc4)ccc32)[nH]1)C1CCOCC1. The summed E-state index contributed by atoms with van der Waals surface area (Å²) in [4.78, 5) is 74.6. The van der Waals surface area contributed by atoms with Crippen LogP contribution in [0.4, 0.5) is 9.59 Å². The van der Waals surface area contributed by atoms with Gasteiger partial charge in [0.05, 0.1) is 57.3 Å². The number of H-pyrrole nitrogens is 2. The third kappa shape index (κ3) is 8.49. The second-order valence-electron chi connectivity index (χ2n) is 19.3. The second kappa shape index (κ2) is 17.5. The molecule has 4 N–H and O–H groups in total. The fourth-order valence-electron chi connectivity index (χ4n) is 11.0. The number of aromatic amines is 2. The predicted octanol–water partition coefficient (Wildman–Crippen LogP) is 6.87. The van der Waals surface area contributed by atoms with Gasteiger partial charge in [-0.2, -0.15) is 0 Å². The summed E-state index contributed by atoms with van der Waals surface area (Å²) in [5, 5.41) is 7.81. The fraction of sp³-hybridized carbons (Fsp3) is 0.500. The molecule has 4 aliphatic heterocycles. The van der Waals surface area contributed by atoms with Crippen LogP contribution in [0.5, 0.6) is 0 Å². The number of nitrogens with one attached hydrogen (secondary N) is 4. The number of hydrogen-bond donors (Lipinski definition) is 4. The van der Waals surface area contributed by atoms with Gasteiger partial charge >= 0.3 is 12.2 Å². The Morgan fingerprint density at radius 2 is 1.38 bits per heavy atom. The Labute approximate surface area is 378 Å². The van der Waals surface area contributed by atoms with E-state index in [1.807, 2.05) is 16.0 Å². The zero-order valence-electron chi connectivity index (χ0n) is 37.4. The van der Waals surface area contributed by atoms with Gasteiger partial charge in [0.25, 0.3) is 0 Å². The van der Waals surface area contributed by atoms with Crippen molar-refractivity contribution >= 4 is 53.9 Å². The maximum atomic E-state index is 14.4. The predicted molar refractivity (Wildman–Crippen MR) is 245 cm³/mol. The minimum absolute atomic E-state index is 0.0252. The lowest BCUT2D eigenvalue weighted by molar-refractivity contribution is -0.138. The lowest BCUT2D eigenvalue weighted by Crippen LogP contribution is -2.54. The number of methoxy groups -OCH3 is 2. The molecule has 0 radical (unpaired) electrons. The number of hydrogen-bond acceptors (Lipinski definition) is 10. The van der Waals surface area contributed by atoms with E-state index in [-0.39, 0.29) is 41.8 Å². The smallest absolute Gasteiger partial charge is 0.407 e. The highest BCUT2D eigenvalue weighted by atomic mass is 28.3. The van der Waals surface area contributed by atoms with E-state index >= 15 is 0 Å². The van der Waals surface area contributed by atoms with Crippen LogP contribution in [0.25, 0.3) is 44.2 Å². The van der Waals surface area contributed by atoms with E-state index in [4.69, 9.17) is 28.9 Å². The molecule has 1 saturated carbocycles. The molecular weight excluding hydrogens is 845 g/mol. The van der Waals surface area contributed by atoms with Crippen LogP contribution < -0.4 is 10.6 Å². The number of carbonyl (C=O) groups excluding carboxylic acids is 4. The quantitative estimate of drug-likeness (QED) is 0.108. The van der Waals surface area contributed by atoms with Crippen LogP contribution in [0.15, 0.2) is 60.8 Å². The van der Waals surface area contributed by atoms with Crippen molar-refractivity contribution in [1.29, 1.82) is 0 Å². The number of benzene rings is 3. The van der Waals surface area contributed by atoms with E-state index in [1.54, 1.807) is 0 Å². The average molecular weight is 903 g/mol. The Balaban J connectivity index is 0.861. The topological polar surface area (TPSA) is 193 Å². The molecule has 5 fully saturated rings. The molecule has 5 aliphatic rings. The summed E-state index contributed by atoms with van der Waals surface area (Å²) in [6, 6.07) is 18.2. The van der Waals surface area contributed by atoms with Crippen molar-refractivity contribution in [3.63, 3.8) is 0 Å².